The molecule has 0 spiro atoms. The molecule has 3 fully saturated rings. The van der Waals surface area contributed by atoms with Crippen LogP contribution < -0.4 is 18.8 Å². The SMILES string of the molecule is C=C1CCN(C)C[C@@]1(C)COc1nc(N2C[C@H]3CC[C@@H](C2)N3C(=O)OC(C)(C)C)c2c(OC)nc(-c3cc(O[Si](C(C)C)(C(C)C)C(C)C)cc4ccc(F)c(C#C[Si](C(C)C)(C(C)C)C(C)C)c34)c(F)c2n1. The summed E-state index contributed by atoms with van der Waals surface area (Å²) in [6.45, 7) is 41.5. The van der Waals surface area contributed by atoms with Crippen molar-refractivity contribution in [3.05, 3.63) is 53.6 Å². The number of piperazine rings is 1. The smallest absolute Gasteiger partial charge is 0.410 e. The van der Waals surface area contributed by atoms with E-state index in [1.54, 1.807) is 6.07 Å². The lowest BCUT2D eigenvalue weighted by Gasteiger charge is -2.42. The average Bonchev–Trinajstić information content (AvgIpc) is 3.57. The number of anilines is 1. The molecule has 0 radical (unpaired) electrons. The molecule has 5 heterocycles. The third-order valence-electron chi connectivity index (χ3n) is 16.6. The maximum atomic E-state index is 18.7. The van der Waals surface area contributed by atoms with Gasteiger partial charge in [-0.15, -0.1) is 5.54 Å². The summed E-state index contributed by atoms with van der Waals surface area (Å²) in [5.74, 6) is 3.23. The molecule has 2 bridgehead atoms. The Morgan fingerprint density at radius 3 is 2.03 bits per heavy atom. The van der Waals surface area contributed by atoms with Crippen LogP contribution in [0.4, 0.5) is 19.4 Å². The molecule has 7 rings (SSSR count). The van der Waals surface area contributed by atoms with Gasteiger partial charge in [0.15, 0.2) is 5.82 Å². The third-order valence-corrected chi connectivity index (χ3v) is 28.9. The fraction of sp³-hybridized carbons (Fsp3) is 0.621. The topological polar surface area (TPSA) is 102 Å². The summed E-state index contributed by atoms with van der Waals surface area (Å²) >= 11 is 0. The number of piperidine rings is 1. The Kier molecular flexibility index (Phi) is 16.2. The second-order valence-electron chi connectivity index (χ2n) is 24.5. The number of hydrogen-bond acceptors (Lipinski definition) is 10. The number of amides is 1. The van der Waals surface area contributed by atoms with Crippen molar-refractivity contribution < 1.29 is 32.2 Å². The molecule has 3 aliphatic heterocycles. The van der Waals surface area contributed by atoms with Gasteiger partial charge in [0.2, 0.25) is 5.88 Å². The lowest BCUT2D eigenvalue weighted by molar-refractivity contribution is 0.0122. The van der Waals surface area contributed by atoms with Gasteiger partial charge in [-0.1, -0.05) is 114 Å². The average molecular weight is 1040 g/mol. The van der Waals surface area contributed by atoms with E-state index in [2.05, 4.69) is 125 Å². The number of benzene rings is 2. The predicted octanol–water partition coefficient (Wildman–Crippen LogP) is 14.1. The van der Waals surface area contributed by atoms with E-state index >= 15 is 8.78 Å². The quantitative estimate of drug-likeness (QED) is 0.0689. The molecule has 2 aromatic heterocycles. The van der Waals surface area contributed by atoms with E-state index in [0.717, 1.165) is 37.9 Å². The van der Waals surface area contributed by atoms with Crippen molar-refractivity contribution in [1.29, 1.82) is 0 Å². The highest BCUT2D eigenvalue weighted by Crippen LogP contribution is 2.48. The number of methoxy groups -OCH3 is 1. The number of halogens is 2. The Morgan fingerprint density at radius 1 is 0.877 bits per heavy atom. The van der Waals surface area contributed by atoms with Crippen LogP contribution in [0.2, 0.25) is 33.2 Å². The van der Waals surface area contributed by atoms with Gasteiger partial charge in [-0.3, -0.25) is 4.90 Å². The summed E-state index contributed by atoms with van der Waals surface area (Å²) in [7, 11) is -1.38. The van der Waals surface area contributed by atoms with Crippen LogP contribution >= 0.6 is 0 Å². The number of rotatable bonds is 14. The standard InChI is InChI=1S/C58H84F2N6O5Si2/c1-34(2)72(35(3)4,36(5)6)27-25-45-47(59)23-20-41-28-44(71-73(37(7)8,38(9)10)39(11)12)29-46(48(41)45)51-50(60)52-49(54(61-51)68-19)53(63-55(62-52)69-33-58(17)32-64(18)26-24-40(58)13)65-30-42-21-22-43(31-65)66(42)56(67)70-57(14,15)16/h20,23,28-29,34-39,42-43H,13,21-22,24,26,30-33H2,1-12,14-19H3/t42-,43+,58-/m0/s1. The number of ether oxygens (including phenoxy) is 3. The molecular formula is C58H84F2N6O5Si2. The van der Waals surface area contributed by atoms with Gasteiger partial charge in [0.25, 0.3) is 8.32 Å². The van der Waals surface area contributed by atoms with Gasteiger partial charge >= 0.3 is 12.1 Å². The van der Waals surface area contributed by atoms with E-state index in [-0.39, 0.29) is 75.5 Å². The summed E-state index contributed by atoms with van der Waals surface area (Å²) in [4.78, 5) is 34.9. The van der Waals surface area contributed by atoms with Crippen LogP contribution in [0.3, 0.4) is 0 Å². The summed E-state index contributed by atoms with van der Waals surface area (Å²) in [5.41, 5.74) is 5.70. The fourth-order valence-electron chi connectivity index (χ4n) is 13.1. The minimum atomic E-state index is -2.58. The van der Waals surface area contributed by atoms with Crippen LogP contribution in [0, 0.1) is 28.5 Å². The monoisotopic (exact) mass is 1040 g/mol. The van der Waals surface area contributed by atoms with E-state index in [0.29, 0.717) is 57.6 Å². The normalized spacial score (nSPS) is 20.1. The number of hydrogen-bond donors (Lipinski definition) is 0. The summed E-state index contributed by atoms with van der Waals surface area (Å²) < 4.78 is 61.6. The molecule has 0 unspecified atom stereocenters. The van der Waals surface area contributed by atoms with Crippen molar-refractivity contribution in [2.45, 2.75) is 181 Å². The lowest BCUT2D eigenvalue weighted by atomic mass is 9.79. The van der Waals surface area contributed by atoms with Crippen molar-refractivity contribution in [2.75, 3.05) is 51.8 Å². The van der Waals surface area contributed by atoms with Crippen LogP contribution in [0.1, 0.15) is 136 Å². The first-order valence-corrected chi connectivity index (χ1v) is 31.2. The van der Waals surface area contributed by atoms with Gasteiger partial charge in [-0.2, -0.15) is 9.97 Å². The Bertz CT molecular complexity index is 2740. The Hall–Kier alpha value is -4.79. The van der Waals surface area contributed by atoms with Gasteiger partial charge in [-0.05, 0) is 104 Å². The number of nitrogens with zero attached hydrogens (tertiary/aromatic N) is 6. The number of aromatic nitrogens is 3. The van der Waals surface area contributed by atoms with E-state index in [9.17, 15) is 4.79 Å². The molecule has 2 aromatic carbocycles. The molecule has 3 aliphatic rings. The van der Waals surface area contributed by atoms with Gasteiger partial charge in [0.05, 0.1) is 24.8 Å². The zero-order valence-electron chi connectivity index (χ0n) is 47.3. The zero-order valence-corrected chi connectivity index (χ0v) is 49.3. The Morgan fingerprint density at radius 2 is 1.48 bits per heavy atom. The van der Waals surface area contributed by atoms with Gasteiger partial charge in [0.1, 0.15) is 54.3 Å². The fourth-order valence-corrected chi connectivity index (χ4v) is 23.6. The molecule has 3 atom stereocenters. The van der Waals surface area contributed by atoms with Crippen LogP contribution in [-0.2, 0) is 4.74 Å². The maximum absolute atomic E-state index is 18.7. The molecule has 0 saturated carbocycles. The number of likely N-dealkylation sites (tertiary alicyclic amines) is 1. The Labute approximate surface area is 437 Å². The largest absolute Gasteiger partial charge is 0.543 e. The summed E-state index contributed by atoms with van der Waals surface area (Å²) in [5, 5.41) is 1.36. The highest BCUT2D eigenvalue weighted by molar-refractivity contribution is 6.90. The molecule has 15 heteroatoms. The van der Waals surface area contributed by atoms with Crippen molar-refractivity contribution in [3.8, 4) is 40.4 Å². The molecule has 398 valence electrons. The third kappa shape index (κ3) is 10.5. The van der Waals surface area contributed by atoms with E-state index < -0.39 is 39.0 Å². The van der Waals surface area contributed by atoms with Crippen molar-refractivity contribution >= 4 is 50.0 Å². The zero-order chi connectivity index (χ0) is 53.9. The minimum Gasteiger partial charge on any atom is -0.543 e. The number of pyridine rings is 1. The van der Waals surface area contributed by atoms with Crippen molar-refractivity contribution in [3.63, 3.8) is 0 Å². The molecular weight excluding hydrogens is 955 g/mol. The maximum Gasteiger partial charge on any atom is 0.410 e. The van der Waals surface area contributed by atoms with Gasteiger partial charge in [-0.25, -0.2) is 18.6 Å². The molecule has 0 N–H and O–H groups in total. The van der Waals surface area contributed by atoms with Gasteiger partial charge < -0.3 is 28.4 Å². The second kappa shape index (κ2) is 21.1. The first-order chi connectivity index (χ1) is 34.1. The van der Waals surface area contributed by atoms with E-state index in [1.807, 2.05) is 37.8 Å². The van der Waals surface area contributed by atoms with Crippen LogP contribution in [0.5, 0.6) is 17.6 Å². The van der Waals surface area contributed by atoms with Crippen molar-refractivity contribution in [1.82, 2.24) is 24.8 Å². The molecule has 0 aliphatic carbocycles. The van der Waals surface area contributed by atoms with E-state index in [1.165, 1.54) is 13.2 Å². The highest BCUT2D eigenvalue weighted by Gasteiger charge is 2.48. The number of carbonyl (C=O) groups is 1. The lowest BCUT2D eigenvalue weighted by Crippen LogP contribution is -2.57. The Balaban J connectivity index is 1.52. The molecule has 3 saturated heterocycles. The molecule has 11 nitrogen and oxygen atoms in total. The number of fused-ring (bicyclic) bond motifs is 4. The highest BCUT2D eigenvalue weighted by atomic mass is 28.4. The second-order valence-corrected chi connectivity index (χ2v) is 35.5. The van der Waals surface area contributed by atoms with E-state index in [4.69, 9.17) is 33.6 Å². The summed E-state index contributed by atoms with van der Waals surface area (Å²) in [6.07, 6.45) is 2.01. The molecule has 73 heavy (non-hydrogen) atoms. The van der Waals surface area contributed by atoms with Crippen LogP contribution in [0.15, 0.2) is 36.4 Å². The molecule has 1 amide bonds. The van der Waals surface area contributed by atoms with Gasteiger partial charge in [0, 0.05) is 42.5 Å². The van der Waals surface area contributed by atoms with Crippen LogP contribution in [0.25, 0.3) is 32.9 Å². The van der Waals surface area contributed by atoms with Crippen LogP contribution in [-0.4, -0.2) is 112 Å². The number of carbonyl (C=O) groups excluding carboxylic acids is 1. The molecule has 4 aromatic rings. The first-order valence-electron chi connectivity index (χ1n) is 26.8. The summed E-state index contributed by atoms with van der Waals surface area (Å²) in [6, 6.07) is 6.61. The first kappa shape index (κ1) is 56.0. The predicted molar refractivity (Wildman–Crippen MR) is 298 cm³/mol. The van der Waals surface area contributed by atoms with Crippen molar-refractivity contribution in [2.24, 2.45) is 5.41 Å². The minimum absolute atomic E-state index is 0.0109.